The van der Waals surface area contributed by atoms with Gasteiger partial charge in [-0.1, -0.05) is 0 Å². The topological polar surface area (TPSA) is 87.7 Å². The Kier molecular flexibility index (Phi) is 4.59. The summed E-state index contributed by atoms with van der Waals surface area (Å²) in [6.07, 6.45) is -6.30. The molecule has 0 aromatic rings. The van der Waals surface area contributed by atoms with Crippen LogP contribution in [0.25, 0.3) is 0 Å². The number of rotatable bonds is 1. The molecule has 3 N–H and O–H groups in total. The zero-order chi connectivity index (χ0) is 14.8. The summed E-state index contributed by atoms with van der Waals surface area (Å²) in [5.41, 5.74) is -1.47. The molecule has 0 saturated heterocycles. The fourth-order valence-corrected chi connectivity index (χ4v) is 0.662. The molecule has 6 nitrogen and oxygen atoms in total. The van der Waals surface area contributed by atoms with Crippen LogP contribution in [0.15, 0.2) is 0 Å². The number of amides is 2. The minimum absolute atomic E-state index is 0.263. The number of halogens is 3. The van der Waals surface area contributed by atoms with E-state index in [4.69, 9.17) is 5.11 Å². The molecule has 106 valence electrons. The second-order valence-corrected chi connectivity index (χ2v) is 4.65. The highest BCUT2D eigenvalue weighted by molar-refractivity contribution is 5.86. The maximum atomic E-state index is 12.2. The van der Waals surface area contributed by atoms with Crippen LogP contribution in [0.5, 0.6) is 0 Å². The second-order valence-electron chi connectivity index (χ2n) is 4.65. The van der Waals surface area contributed by atoms with E-state index in [0.29, 0.717) is 0 Å². The normalized spacial score (nSPS) is 15.6. The molecular weight excluding hydrogens is 257 g/mol. The Bertz CT molecular complexity index is 334. The van der Waals surface area contributed by atoms with Crippen molar-refractivity contribution in [3.63, 3.8) is 0 Å². The van der Waals surface area contributed by atoms with Gasteiger partial charge in [-0.05, 0) is 27.7 Å². The summed E-state index contributed by atoms with van der Waals surface area (Å²) in [5.74, 6) is -1.82. The quantitative estimate of drug-likeness (QED) is 0.618. The Morgan fingerprint density at radius 3 is 1.83 bits per heavy atom. The predicted molar refractivity (Wildman–Crippen MR) is 54.2 cm³/mol. The van der Waals surface area contributed by atoms with Crippen LogP contribution in [-0.2, 0) is 9.53 Å². The summed E-state index contributed by atoms with van der Waals surface area (Å²) in [5, 5.41) is 8.94. The third kappa shape index (κ3) is 4.78. The first-order valence-electron chi connectivity index (χ1n) is 4.86. The van der Waals surface area contributed by atoms with Crippen LogP contribution in [0.4, 0.5) is 18.0 Å². The van der Waals surface area contributed by atoms with Crippen LogP contribution in [0.1, 0.15) is 27.7 Å². The number of hydrogen-bond donors (Lipinski definition) is 3. The predicted octanol–water partition coefficient (Wildman–Crippen LogP) is 0.856. The molecule has 0 aliphatic carbocycles. The average Bonchev–Trinajstić information content (AvgIpc) is 2.09. The molecule has 0 aliphatic heterocycles. The molecule has 1 unspecified atom stereocenters. The lowest BCUT2D eigenvalue weighted by atomic mass is 10.1. The van der Waals surface area contributed by atoms with Crippen molar-refractivity contribution in [2.75, 3.05) is 0 Å². The maximum Gasteiger partial charge on any atom is 0.426 e. The molecule has 0 spiro atoms. The Hall–Kier alpha value is -1.51. The van der Waals surface area contributed by atoms with Gasteiger partial charge >= 0.3 is 12.3 Å². The first-order chi connectivity index (χ1) is 7.77. The minimum Gasteiger partial charge on any atom is -0.443 e. The van der Waals surface area contributed by atoms with E-state index in [1.165, 1.54) is 26.2 Å². The average molecular weight is 272 g/mol. The van der Waals surface area contributed by atoms with Crippen molar-refractivity contribution in [3.8, 4) is 0 Å². The Labute approximate surface area is 101 Å². The van der Waals surface area contributed by atoms with Gasteiger partial charge in [0, 0.05) is 0 Å². The second kappa shape index (κ2) is 5.01. The molecule has 0 fully saturated rings. The number of hydrogen-bond acceptors (Lipinski definition) is 4. The number of ether oxygens (including phenoxy) is 1. The van der Waals surface area contributed by atoms with Gasteiger partial charge in [0.1, 0.15) is 5.60 Å². The third-order valence-electron chi connectivity index (χ3n) is 1.67. The van der Waals surface area contributed by atoms with Gasteiger partial charge in [-0.2, -0.15) is 13.2 Å². The first-order valence-corrected chi connectivity index (χ1v) is 4.86. The number of carbonyl (C=O) groups is 2. The summed E-state index contributed by atoms with van der Waals surface area (Å²) in [6.45, 7) is 4.85. The fourth-order valence-electron chi connectivity index (χ4n) is 0.662. The summed E-state index contributed by atoms with van der Waals surface area (Å²) in [4.78, 5) is 22.1. The van der Waals surface area contributed by atoms with Gasteiger partial charge in [-0.15, -0.1) is 0 Å². The Morgan fingerprint density at radius 1 is 1.06 bits per heavy atom. The lowest BCUT2D eigenvalue weighted by molar-refractivity contribution is -0.245. The molecule has 0 aromatic carbocycles. The summed E-state index contributed by atoms with van der Waals surface area (Å²) in [7, 11) is 0. The number of alkyl halides is 3. The molecule has 2 amide bonds. The van der Waals surface area contributed by atoms with E-state index in [9.17, 15) is 22.8 Å². The number of aliphatic hydroxyl groups is 1. The summed E-state index contributed by atoms with van der Waals surface area (Å²) < 4.78 is 41.3. The van der Waals surface area contributed by atoms with Crippen molar-refractivity contribution in [1.82, 2.24) is 10.9 Å². The fraction of sp³-hybridized carbons (Fsp3) is 0.778. The van der Waals surface area contributed by atoms with Gasteiger partial charge in [0.25, 0.3) is 5.91 Å². The van der Waals surface area contributed by atoms with Gasteiger partial charge in [-0.25, -0.2) is 10.2 Å². The molecule has 0 aliphatic rings. The van der Waals surface area contributed by atoms with Crippen molar-refractivity contribution in [3.05, 3.63) is 0 Å². The van der Waals surface area contributed by atoms with Gasteiger partial charge in [0.2, 0.25) is 5.60 Å². The standard InChI is InChI=1S/C9H15F3N2O4/c1-7(2,3)18-6(16)14-13-5(15)8(4,17)9(10,11)12/h17H,1-4H3,(H,13,15)(H,14,16). The first kappa shape index (κ1) is 16.5. The molecule has 0 aromatic heterocycles. The monoisotopic (exact) mass is 272 g/mol. The van der Waals surface area contributed by atoms with Crippen LogP contribution < -0.4 is 10.9 Å². The highest BCUT2D eigenvalue weighted by Gasteiger charge is 2.56. The molecule has 9 heteroatoms. The van der Waals surface area contributed by atoms with Gasteiger partial charge in [0.05, 0.1) is 0 Å². The molecular formula is C9H15F3N2O4. The Morgan fingerprint density at radius 2 is 1.50 bits per heavy atom. The summed E-state index contributed by atoms with van der Waals surface area (Å²) in [6, 6.07) is 0. The van der Waals surface area contributed by atoms with Crippen molar-refractivity contribution >= 4 is 12.0 Å². The minimum atomic E-state index is -5.16. The van der Waals surface area contributed by atoms with Crippen LogP contribution in [0.3, 0.4) is 0 Å². The molecule has 0 bridgehead atoms. The lowest BCUT2D eigenvalue weighted by Crippen LogP contribution is -2.58. The maximum absolute atomic E-state index is 12.2. The van der Waals surface area contributed by atoms with Crippen molar-refractivity contribution in [1.29, 1.82) is 0 Å². The van der Waals surface area contributed by atoms with E-state index in [1.807, 2.05) is 0 Å². The molecule has 18 heavy (non-hydrogen) atoms. The van der Waals surface area contributed by atoms with E-state index < -0.39 is 29.4 Å². The molecule has 1 atom stereocenters. The smallest absolute Gasteiger partial charge is 0.426 e. The molecule has 0 saturated carbocycles. The van der Waals surface area contributed by atoms with Gasteiger partial charge in [-0.3, -0.25) is 10.2 Å². The van der Waals surface area contributed by atoms with Crippen LogP contribution in [0.2, 0.25) is 0 Å². The molecule has 0 rings (SSSR count). The largest absolute Gasteiger partial charge is 0.443 e. The zero-order valence-electron chi connectivity index (χ0n) is 10.3. The van der Waals surface area contributed by atoms with Crippen molar-refractivity contribution < 1.29 is 32.6 Å². The number of carbonyl (C=O) groups excluding carboxylic acids is 2. The highest BCUT2D eigenvalue weighted by Crippen LogP contribution is 2.29. The van der Waals surface area contributed by atoms with E-state index in [1.54, 1.807) is 5.43 Å². The van der Waals surface area contributed by atoms with Crippen molar-refractivity contribution in [2.24, 2.45) is 0 Å². The molecule has 0 radical (unpaired) electrons. The zero-order valence-corrected chi connectivity index (χ0v) is 10.3. The van der Waals surface area contributed by atoms with Crippen LogP contribution >= 0.6 is 0 Å². The summed E-state index contributed by atoms with van der Waals surface area (Å²) >= 11 is 0. The van der Waals surface area contributed by atoms with Crippen molar-refractivity contribution in [2.45, 2.75) is 45.1 Å². The number of hydrazine groups is 1. The third-order valence-corrected chi connectivity index (χ3v) is 1.67. The van der Waals surface area contributed by atoms with E-state index in [0.717, 1.165) is 0 Å². The van der Waals surface area contributed by atoms with E-state index in [-0.39, 0.29) is 6.92 Å². The number of nitrogens with one attached hydrogen (secondary N) is 2. The highest BCUT2D eigenvalue weighted by atomic mass is 19.4. The van der Waals surface area contributed by atoms with Crippen LogP contribution in [0, 0.1) is 0 Å². The van der Waals surface area contributed by atoms with E-state index in [2.05, 4.69) is 4.74 Å². The molecule has 0 heterocycles. The van der Waals surface area contributed by atoms with Crippen LogP contribution in [-0.4, -0.2) is 34.5 Å². The van der Waals surface area contributed by atoms with Gasteiger partial charge < -0.3 is 9.84 Å². The lowest BCUT2D eigenvalue weighted by Gasteiger charge is -2.25. The SMILES string of the molecule is CC(C)(C)OC(=O)NNC(=O)C(C)(O)C(F)(F)F. The van der Waals surface area contributed by atoms with Gasteiger partial charge in [0.15, 0.2) is 0 Å². The van der Waals surface area contributed by atoms with E-state index >= 15 is 0 Å². The Balaban J connectivity index is 4.41.